The van der Waals surface area contributed by atoms with E-state index < -0.39 is 18.3 Å². The molecule has 1 fully saturated rings. The summed E-state index contributed by atoms with van der Waals surface area (Å²) in [6, 6.07) is 16.7. The van der Waals surface area contributed by atoms with Gasteiger partial charge in [0.05, 0.1) is 29.7 Å². The van der Waals surface area contributed by atoms with E-state index in [-0.39, 0.29) is 29.1 Å². The summed E-state index contributed by atoms with van der Waals surface area (Å²) in [7, 11) is -5.48. The molecule has 0 bridgehead atoms. The Morgan fingerprint density at radius 3 is 2.28 bits per heavy atom. The van der Waals surface area contributed by atoms with Crippen molar-refractivity contribution in [2.75, 3.05) is 36.0 Å². The molecular weight excluding hydrogens is 767 g/mol. The normalized spacial score (nSPS) is 20.5. The number of rotatable bonds is 14. The summed E-state index contributed by atoms with van der Waals surface area (Å²) < 4.78 is 42.4. The second-order valence-electron chi connectivity index (χ2n) is 18.5. The minimum absolute atomic E-state index is 0.217. The highest BCUT2D eigenvalue weighted by Gasteiger charge is 2.46. The van der Waals surface area contributed by atoms with Gasteiger partial charge in [0, 0.05) is 18.8 Å². The van der Waals surface area contributed by atoms with Gasteiger partial charge in [-0.2, -0.15) is 0 Å². The van der Waals surface area contributed by atoms with Crippen molar-refractivity contribution < 1.29 is 22.4 Å². The zero-order valence-electron chi connectivity index (χ0n) is 36.3. The average molecular weight is 832 g/mol. The molecule has 2 aliphatic rings. The SMILES string of the molecule is CC(C)[Si](OCCN1CCCC1(C)c1nnc2ccc(O[C@@H]3CC[C@H](NC(=O)Nc4cc(NS(C)(=O)=O)cc(C(C)(C)C)c4)c4ccccc43)cn12)(C(C)C)C(C)C. The number of nitrogens with zero attached hydrogens (tertiary/aromatic N) is 4. The number of hydrogen-bond acceptors (Lipinski definition) is 8. The summed E-state index contributed by atoms with van der Waals surface area (Å²) in [5, 5.41) is 15.5. The van der Waals surface area contributed by atoms with Gasteiger partial charge in [-0.25, -0.2) is 13.2 Å². The number of nitrogens with one attached hydrogen (secondary N) is 3. The van der Waals surface area contributed by atoms with Gasteiger partial charge < -0.3 is 19.8 Å². The van der Waals surface area contributed by atoms with Crippen molar-refractivity contribution in [1.82, 2.24) is 24.8 Å². The second-order valence-corrected chi connectivity index (χ2v) is 25.7. The van der Waals surface area contributed by atoms with E-state index in [2.05, 4.69) is 84.3 Å². The van der Waals surface area contributed by atoms with Crippen molar-refractivity contribution >= 4 is 41.4 Å². The first-order valence-electron chi connectivity index (χ1n) is 20.9. The number of aromatic nitrogens is 3. The maximum Gasteiger partial charge on any atom is 0.319 e. The quantitative estimate of drug-likeness (QED) is 0.107. The predicted molar refractivity (Wildman–Crippen MR) is 236 cm³/mol. The second kappa shape index (κ2) is 16.9. The molecule has 4 aromatic rings. The minimum atomic E-state index is -3.51. The van der Waals surface area contributed by atoms with Gasteiger partial charge in [0.2, 0.25) is 10.0 Å². The minimum Gasteiger partial charge on any atom is -0.484 e. The molecule has 2 amide bonds. The molecule has 0 radical (unpaired) electrons. The third-order valence-electron chi connectivity index (χ3n) is 12.4. The largest absolute Gasteiger partial charge is 0.484 e. The number of fused-ring (bicyclic) bond motifs is 2. The van der Waals surface area contributed by atoms with Crippen LogP contribution in [0.25, 0.3) is 5.65 Å². The zero-order valence-corrected chi connectivity index (χ0v) is 38.2. The Labute approximate surface area is 347 Å². The number of urea groups is 1. The van der Waals surface area contributed by atoms with Gasteiger partial charge in [0.15, 0.2) is 19.8 Å². The number of likely N-dealkylation sites (tertiary alicyclic amines) is 1. The van der Waals surface area contributed by atoms with Gasteiger partial charge in [-0.05, 0) is 108 Å². The average Bonchev–Trinajstić information content (AvgIpc) is 3.73. The number of carbonyl (C=O) groups excluding carboxylic acids is 1. The van der Waals surface area contributed by atoms with Crippen LogP contribution in [0.3, 0.4) is 0 Å². The van der Waals surface area contributed by atoms with Crippen LogP contribution in [-0.2, 0) is 25.4 Å². The van der Waals surface area contributed by atoms with E-state index in [4.69, 9.17) is 14.3 Å². The maximum absolute atomic E-state index is 13.5. The lowest BCUT2D eigenvalue weighted by molar-refractivity contribution is 0.114. The molecule has 1 saturated heterocycles. The van der Waals surface area contributed by atoms with E-state index in [1.54, 1.807) is 12.1 Å². The Hall–Kier alpha value is -3.98. The Kier molecular flexibility index (Phi) is 12.7. The van der Waals surface area contributed by atoms with Crippen LogP contribution in [0.4, 0.5) is 16.2 Å². The zero-order chi connectivity index (χ0) is 42.2. The fourth-order valence-electron chi connectivity index (χ4n) is 9.69. The molecule has 316 valence electrons. The molecule has 1 unspecified atom stereocenters. The van der Waals surface area contributed by atoms with Gasteiger partial charge in [-0.1, -0.05) is 86.6 Å². The van der Waals surface area contributed by atoms with Gasteiger partial charge in [0.1, 0.15) is 11.9 Å². The molecule has 3 atom stereocenters. The highest BCUT2D eigenvalue weighted by atomic mass is 32.2. The lowest BCUT2D eigenvalue weighted by Gasteiger charge is -2.43. The van der Waals surface area contributed by atoms with Crippen LogP contribution in [0, 0.1) is 0 Å². The molecule has 14 heteroatoms. The Balaban J connectivity index is 1.16. The monoisotopic (exact) mass is 831 g/mol. The number of ether oxygens (including phenoxy) is 1. The molecule has 3 heterocycles. The first kappa shape index (κ1) is 43.6. The third kappa shape index (κ3) is 9.24. The van der Waals surface area contributed by atoms with E-state index in [9.17, 15) is 13.2 Å². The Morgan fingerprint density at radius 1 is 0.948 bits per heavy atom. The van der Waals surface area contributed by atoms with Crippen LogP contribution < -0.4 is 20.1 Å². The summed E-state index contributed by atoms with van der Waals surface area (Å²) in [6.07, 6.45) is 6.34. The fourth-order valence-corrected chi connectivity index (χ4v) is 15.7. The van der Waals surface area contributed by atoms with Crippen molar-refractivity contribution in [2.24, 2.45) is 0 Å². The van der Waals surface area contributed by atoms with Crippen molar-refractivity contribution in [2.45, 2.75) is 135 Å². The summed E-state index contributed by atoms with van der Waals surface area (Å²) in [4.78, 5) is 16.0. The number of pyridine rings is 1. The fraction of sp³-hybridized carbons (Fsp3) is 0.568. The summed E-state index contributed by atoms with van der Waals surface area (Å²) >= 11 is 0. The maximum atomic E-state index is 13.5. The standard InChI is InChI=1S/C44H65N7O5SSi/c1-29(2)58(30(3)4,31(5)6)55-24-23-50-22-14-21-44(50,10)41-48-47-40-20-17-35(28-51(40)41)56-39-19-18-38(36-15-12-13-16-37(36)39)46-42(52)45-33-25-32(43(7,8)9)26-34(27-33)49-57(11,53)54/h12-13,15-17,20,25-31,38-39,49H,14,18-19,21-24H2,1-11H3,(H2,45,46,52)/t38-,39+,44?/m0/s1. The molecule has 0 spiro atoms. The van der Waals surface area contributed by atoms with Gasteiger partial charge in [-0.3, -0.25) is 14.0 Å². The van der Waals surface area contributed by atoms with E-state index >= 15 is 0 Å². The molecule has 3 N–H and O–H groups in total. The highest BCUT2D eigenvalue weighted by Crippen LogP contribution is 2.44. The molecule has 2 aromatic heterocycles. The Morgan fingerprint density at radius 2 is 1.62 bits per heavy atom. The van der Waals surface area contributed by atoms with Crippen LogP contribution >= 0.6 is 0 Å². The van der Waals surface area contributed by atoms with E-state index in [1.807, 2.05) is 63.4 Å². The smallest absolute Gasteiger partial charge is 0.319 e. The van der Waals surface area contributed by atoms with Crippen LogP contribution in [0.15, 0.2) is 60.8 Å². The molecule has 1 aliphatic carbocycles. The molecule has 12 nitrogen and oxygen atoms in total. The topological polar surface area (TPSA) is 139 Å². The first-order chi connectivity index (χ1) is 27.2. The predicted octanol–water partition coefficient (Wildman–Crippen LogP) is 9.68. The number of sulfonamides is 1. The van der Waals surface area contributed by atoms with Gasteiger partial charge >= 0.3 is 6.03 Å². The molecule has 2 aromatic carbocycles. The lowest BCUT2D eigenvalue weighted by Crippen LogP contribution is -2.50. The van der Waals surface area contributed by atoms with Crippen LogP contribution in [0.1, 0.15) is 130 Å². The first-order valence-corrected chi connectivity index (χ1v) is 24.9. The van der Waals surface area contributed by atoms with Crippen LogP contribution in [0.2, 0.25) is 16.6 Å². The number of carbonyl (C=O) groups is 1. The Bertz CT molecular complexity index is 2180. The van der Waals surface area contributed by atoms with Gasteiger partial charge in [0.25, 0.3) is 0 Å². The number of anilines is 2. The molecule has 58 heavy (non-hydrogen) atoms. The van der Waals surface area contributed by atoms with Crippen molar-refractivity contribution in [1.29, 1.82) is 0 Å². The van der Waals surface area contributed by atoms with E-state index in [0.29, 0.717) is 47.4 Å². The summed E-state index contributed by atoms with van der Waals surface area (Å²) in [5.74, 6) is 1.64. The lowest BCUT2D eigenvalue weighted by atomic mass is 9.85. The van der Waals surface area contributed by atoms with E-state index in [0.717, 1.165) is 66.1 Å². The van der Waals surface area contributed by atoms with Crippen molar-refractivity contribution in [3.63, 3.8) is 0 Å². The van der Waals surface area contributed by atoms with E-state index in [1.165, 1.54) is 0 Å². The highest BCUT2D eigenvalue weighted by molar-refractivity contribution is 7.92. The van der Waals surface area contributed by atoms with Crippen LogP contribution in [0.5, 0.6) is 5.75 Å². The number of hydrogen-bond donors (Lipinski definition) is 3. The molecule has 0 saturated carbocycles. The third-order valence-corrected chi connectivity index (χ3v) is 19.2. The van der Waals surface area contributed by atoms with Crippen molar-refractivity contribution in [3.8, 4) is 5.75 Å². The summed E-state index contributed by atoms with van der Waals surface area (Å²) in [5.41, 5.74) is 5.64. The molecule has 1 aliphatic heterocycles. The van der Waals surface area contributed by atoms with Crippen LogP contribution in [-0.4, -0.2) is 68.2 Å². The van der Waals surface area contributed by atoms with Gasteiger partial charge in [-0.15, -0.1) is 10.2 Å². The molecule has 6 rings (SSSR count). The molecular formula is C44H65N7O5SSi. The summed E-state index contributed by atoms with van der Waals surface area (Å²) in [6.45, 7) is 25.0. The number of amides is 2. The number of benzene rings is 2. The van der Waals surface area contributed by atoms with Crippen molar-refractivity contribution in [3.05, 3.63) is 83.3 Å².